The first kappa shape index (κ1) is 11.7. The Kier molecular flexibility index (Phi) is 5.88. The van der Waals surface area contributed by atoms with Crippen molar-refractivity contribution < 1.29 is 4.74 Å². The molecule has 0 aliphatic carbocycles. The monoisotopic (exact) mass is 197 g/mol. The van der Waals surface area contributed by atoms with E-state index < -0.39 is 0 Å². The van der Waals surface area contributed by atoms with E-state index in [4.69, 9.17) is 4.74 Å². The summed E-state index contributed by atoms with van der Waals surface area (Å²) in [5.74, 6) is 0.669. The maximum Gasteiger partial charge on any atom is 0.0528 e. The fourth-order valence-corrected chi connectivity index (χ4v) is 1.66. The molecule has 1 N–H and O–H groups in total. The molecule has 0 saturated carbocycles. The van der Waals surface area contributed by atoms with Crippen LogP contribution >= 0.6 is 0 Å². The van der Waals surface area contributed by atoms with Crippen LogP contribution in [0.2, 0.25) is 0 Å². The summed E-state index contributed by atoms with van der Waals surface area (Å²) in [6.07, 6.45) is 8.26. The smallest absolute Gasteiger partial charge is 0.0528 e. The van der Waals surface area contributed by atoms with E-state index in [0.29, 0.717) is 12.0 Å². The number of rotatable bonds is 5. The highest BCUT2D eigenvalue weighted by Gasteiger charge is 2.09. The van der Waals surface area contributed by atoms with E-state index in [1.807, 2.05) is 0 Å². The lowest BCUT2D eigenvalue weighted by Gasteiger charge is -2.18. The Balaban J connectivity index is 2.01. The maximum atomic E-state index is 5.41. The Hall–Kier alpha value is -0.340. The van der Waals surface area contributed by atoms with Crippen LogP contribution in [-0.4, -0.2) is 25.8 Å². The number of hydrogen-bond donors (Lipinski definition) is 1. The largest absolute Gasteiger partial charge is 0.381 e. The van der Waals surface area contributed by atoms with Gasteiger partial charge in [-0.15, -0.1) is 0 Å². The van der Waals surface area contributed by atoms with Gasteiger partial charge in [0.05, 0.1) is 6.61 Å². The molecule has 0 aromatic carbocycles. The van der Waals surface area contributed by atoms with Crippen molar-refractivity contribution in [2.75, 3.05) is 19.8 Å². The van der Waals surface area contributed by atoms with Crippen molar-refractivity contribution in [3.63, 3.8) is 0 Å². The summed E-state index contributed by atoms with van der Waals surface area (Å²) >= 11 is 0. The van der Waals surface area contributed by atoms with Crippen molar-refractivity contribution in [3.8, 4) is 0 Å². The third-order valence-electron chi connectivity index (χ3n) is 2.47. The molecule has 0 amide bonds. The lowest BCUT2D eigenvalue weighted by molar-refractivity contribution is 0.0709. The van der Waals surface area contributed by atoms with Crippen LogP contribution in [0.25, 0.3) is 0 Å². The zero-order chi connectivity index (χ0) is 10.2. The van der Waals surface area contributed by atoms with E-state index in [2.05, 4.69) is 31.3 Å². The van der Waals surface area contributed by atoms with E-state index in [9.17, 15) is 0 Å². The number of ether oxygens (including phenoxy) is 1. The molecule has 1 heterocycles. The van der Waals surface area contributed by atoms with Crippen LogP contribution in [0, 0.1) is 5.92 Å². The molecule has 0 radical (unpaired) electrons. The van der Waals surface area contributed by atoms with Crippen LogP contribution in [0.3, 0.4) is 0 Å². The second-order valence-corrected chi connectivity index (χ2v) is 4.30. The van der Waals surface area contributed by atoms with E-state index in [1.165, 1.54) is 12.8 Å². The van der Waals surface area contributed by atoms with Crippen molar-refractivity contribution in [2.24, 2.45) is 5.92 Å². The molecule has 2 nitrogen and oxygen atoms in total. The highest BCUT2D eigenvalue weighted by Crippen LogP contribution is 2.14. The fourth-order valence-electron chi connectivity index (χ4n) is 1.66. The molecule has 0 aromatic rings. The van der Waals surface area contributed by atoms with Gasteiger partial charge in [-0.3, -0.25) is 0 Å². The summed E-state index contributed by atoms with van der Waals surface area (Å²) < 4.78 is 5.41. The first-order valence-electron chi connectivity index (χ1n) is 5.77. The molecule has 0 bridgehead atoms. The quantitative estimate of drug-likeness (QED) is 0.539. The number of nitrogens with one attached hydrogen (secondary N) is 1. The highest BCUT2D eigenvalue weighted by atomic mass is 16.5. The predicted molar refractivity (Wildman–Crippen MR) is 60.4 cm³/mol. The van der Waals surface area contributed by atoms with Gasteiger partial charge < -0.3 is 10.1 Å². The SMILES string of the molecule is CC(C)NCC/C=C/C1CCCOC1. The van der Waals surface area contributed by atoms with Crippen molar-refractivity contribution in [3.05, 3.63) is 12.2 Å². The summed E-state index contributed by atoms with van der Waals surface area (Å²) in [6, 6.07) is 0.599. The minimum Gasteiger partial charge on any atom is -0.381 e. The van der Waals surface area contributed by atoms with Crippen LogP contribution < -0.4 is 5.32 Å². The van der Waals surface area contributed by atoms with Gasteiger partial charge in [-0.25, -0.2) is 0 Å². The molecule has 1 atom stereocenters. The first-order chi connectivity index (χ1) is 6.79. The van der Waals surface area contributed by atoms with Gasteiger partial charge in [0.15, 0.2) is 0 Å². The molecule has 1 aliphatic rings. The number of hydrogen-bond acceptors (Lipinski definition) is 2. The van der Waals surface area contributed by atoms with Crippen LogP contribution in [0.4, 0.5) is 0 Å². The maximum absolute atomic E-state index is 5.41. The van der Waals surface area contributed by atoms with Crippen molar-refractivity contribution >= 4 is 0 Å². The molecule has 14 heavy (non-hydrogen) atoms. The van der Waals surface area contributed by atoms with Gasteiger partial charge in [-0.2, -0.15) is 0 Å². The van der Waals surface area contributed by atoms with Crippen molar-refractivity contribution in [1.29, 1.82) is 0 Å². The van der Waals surface area contributed by atoms with Gasteiger partial charge in [-0.1, -0.05) is 26.0 Å². The van der Waals surface area contributed by atoms with Crippen molar-refractivity contribution in [2.45, 2.75) is 39.2 Å². The van der Waals surface area contributed by atoms with Gasteiger partial charge in [0.2, 0.25) is 0 Å². The molecule has 82 valence electrons. The van der Waals surface area contributed by atoms with Gasteiger partial charge in [0.25, 0.3) is 0 Å². The minimum atomic E-state index is 0.599. The minimum absolute atomic E-state index is 0.599. The molecular formula is C12H23NO. The standard InChI is InChI=1S/C12H23NO/c1-11(2)13-8-4-3-6-12-7-5-9-14-10-12/h3,6,11-13H,4-5,7-10H2,1-2H3/b6-3+. The van der Waals surface area contributed by atoms with Crippen LogP contribution in [0.15, 0.2) is 12.2 Å². The molecule has 1 rings (SSSR count). The lowest BCUT2D eigenvalue weighted by atomic mass is 10.0. The average Bonchev–Trinajstić information content (AvgIpc) is 2.18. The Bertz CT molecular complexity index is 160. The van der Waals surface area contributed by atoms with E-state index >= 15 is 0 Å². The lowest BCUT2D eigenvalue weighted by Crippen LogP contribution is -2.23. The van der Waals surface area contributed by atoms with Gasteiger partial charge in [-0.05, 0) is 25.8 Å². The Labute approximate surface area is 87.7 Å². The fraction of sp³-hybridized carbons (Fsp3) is 0.833. The zero-order valence-corrected chi connectivity index (χ0v) is 9.46. The molecule has 0 spiro atoms. The molecule has 0 aromatic heterocycles. The van der Waals surface area contributed by atoms with Crippen LogP contribution in [0.1, 0.15) is 33.1 Å². The molecule has 2 heteroatoms. The average molecular weight is 197 g/mol. The summed E-state index contributed by atoms with van der Waals surface area (Å²) in [4.78, 5) is 0. The highest BCUT2D eigenvalue weighted by molar-refractivity contribution is 4.89. The molecular weight excluding hydrogens is 174 g/mol. The Morgan fingerprint density at radius 3 is 3.00 bits per heavy atom. The first-order valence-corrected chi connectivity index (χ1v) is 5.77. The van der Waals surface area contributed by atoms with Gasteiger partial charge in [0, 0.05) is 18.6 Å². The summed E-state index contributed by atoms with van der Waals surface area (Å²) in [7, 11) is 0. The van der Waals surface area contributed by atoms with E-state index in [-0.39, 0.29) is 0 Å². The van der Waals surface area contributed by atoms with E-state index in [0.717, 1.165) is 26.2 Å². The normalized spacial score (nSPS) is 23.5. The molecule has 1 unspecified atom stereocenters. The summed E-state index contributed by atoms with van der Waals surface area (Å²) in [5, 5.41) is 3.40. The third kappa shape index (κ3) is 5.40. The Morgan fingerprint density at radius 1 is 1.50 bits per heavy atom. The van der Waals surface area contributed by atoms with Gasteiger partial charge in [0.1, 0.15) is 0 Å². The van der Waals surface area contributed by atoms with Gasteiger partial charge >= 0.3 is 0 Å². The van der Waals surface area contributed by atoms with Crippen molar-refractivity contribution in [1.82, 2.24) is 5.32 Å². The zero-order valence-electron chi connectivity index (χ0n) is 9.46. The Morgan fingerprint density at radius 2 is 2.36 bits per heavy atom. The van der Waals surface area contributed by atoms with E-state index in [1.54, 1.807) is 0 Å². The van der Waals surface area contributed by atoms with Crippen LogP contribution in [-0.2, 0) is 4.74 Å². The second-order valence-electron chi connectivity index (χ2n) is 4.30. The molecule has 1 aliphatic heterocycles. The summed E-state index contributed by atoms with van der Waals surface area (Å²) in [6.45, 7) is 7.33. The molecule has 1 fully saturated rings. The summed E-state index contributed by atoms with van der Waals surface area (Å²) in [5.41, 5.74) is 0. The third-order valence-corrected chi connectivity index (χ3v) is 2.47. The topological polar surface area (TPSA) is 21.3 Å². The van der Waals surface area contributed by atoms with Crippen LogP contribution in [0.5, 0.6) is 0 Å². The predicted octanol–water partition coefficient (Wildman–Crippen LogP) is 2.36. The molecule has 1 saturated heterocycles. The second kappa shape index (κ2) is 7.02.